The maximum atomic E-state index is 12.5. The Labute approximate surface area is 130 Å². The van der Waals surface area contributed by atoms with Gasteiger partial charge >= 0.3 is 6.18 Å². The molecule has 0 aliphatic heterocycles. The largest absolute Gasteiger partial charge is 0.416 e. The first-order valence-corrected chi connectivity index (χ1v) is 6.62. The molecule has 23 heavy (non-hydrogen) atoms. The van der Waals surface area contributed by atoms with Gasteiger partial charge < -0.3 is 11.1 Å². The van der Waals surface area contributed by atoms with Crippen LogP contribution in [0, 0.1) is 0 Å². The molecule has 0 saturated heterocycles. The number of para-hydroxylation sites is 1. The molecule has 2 amide bonds. The van der Waals surface area contributed by atoms with Crippen LogP contribution in [-0.4, -0.2) is 11.8 Å². The number of hydrogen-bond donors (Lipinski definition) is 2. The molecule has 2 aromatic carbocycles. The van der Waals surface area contributed by atoms with Gasteiger partial charge in [-0.2, -0.15) is 13.2 Å². The van der Waals surface area contributed by atoms with E-state index in [1.807, 2.05) is 0 Å². The molecule has 0 aromatic heterocycles. The third-order valence-electron chi connectivity index (χ3n) is 3.10. The van der Waals surface area contributed by atoms with E-state index in [0.717, 1.165) is 24.3 Å². The van der Waals surface area contributed by atoms with E-state index >= 15 is 0 Å². The minimum atomic E-state index is -4.46. The van der Waals surface area contributed by atoms with Crippen LogP contribution in [-0.2, 0) is 17.4 Å². The second-order valence-electron chi connectivity index (χ2n) is 4.83. The molecular formula is C16H13F3N2O2. The van der Waals surface area contributed by atoms with Crippen molar-refractivity contribution in [2.75, 3.05) is 5.32 Å². The summed E-state index contributed by atoms with van der Waals surface area (Å²) >= 11 is 0. The van der Waals surface area contributed by atoms with Gasteiger partial charge in [0.25, 0.3) is 5.91 Å². The number of hydrogen-bond acceptors (Lipinski definition) is 2. The highest BCUT2D eigenvalue weighted by atomic mass is 19.4. The van der Waals surface area contributed by atoms with Crippen LogP contribution < -0.4 is 11.1 Å². The molecular weight excluding hydrogens is 309 g/mol. The lowest BCUT2D eigenvalue weighted by molar-refractivity contribution is -0.137. The van der Waals surface area contributed by atoms with Gasteiger partial charge in [0.05, 0.1) is 12.0 Å². The molecule has 0 aliphatic rings. The summed E-state index contributed by atoms with van der Waals surface area (Å²) < 4.78 is 37.5. The van der Waals surface area contributed by atoms with Crippen molar-refractivity contribution in [3.63, 3.8) is 0 Å². The molecule has 0 bridgehead atoms. The summed E-state index contributed by atoms with van der Waals surface area (Å²) in [5.41, 5.74) is 5.29. The van der Waals surface area contributed by atoms with Crippen LogP contribution in [0.3, 0.4) is 0 Å². The van der Waals surface area contributed by atoms with Crippen LogP contribution in [0.2, 0.25) is 0 Å². The number of nitrogens with one attached hydrogen (secondary N) is 1. The molecule has 0 unspecified atom stereocenters. The molecule has 0 spiro atoms. The molecule has 120 valence electrons. The smallest absolute Gasteiger partial charge is 0.369 e. The minimum Gasteiger partial charge on any atom is -0.369 e. The van der Waals surface area contributed by atoms with Crippen molar-refractivity contribution < 1.29 is 22.8 Å². The van der Waals surface area contributed by atoms with E-state index < -0.39 is 23.6 Å². The summed E-state index contributed by atoms with van der Waals surface area (Å²) in [5.74, 6) is -1.13. The summed E-state index contributed by atoms with van der Waals surface area (Å²) in [4.78, 5) is 23.1. The van der Waals surface area contributed by atoms with Crippen LogP contribution >= 0.6 is 0 Å². The van der Waals surface area contributed by atoms with Gasteiger partial charge in [-0.25, -0.2) is 0 Å². The molecule has 4 nitrogen and oxygen atoms in total. The summed E-state index contributed by atoms with van der Waals surface area (Å²) in [7, 11) is 0. The van der Waals surface area contributed by atoms with Gasteiger partial charge in [0, 0.05) is 11.3 Å². The van der Waals surface area contributed by atoms with Crippen molar-refractivity contribution in [1.29, 1.82) is 0 Å². The van der Waals surface area contributed by atoms with Crippen molar-refractivity contribution in [3.8, 4) is 0 Å². The van der Waals surface area contributed by atoms with Crippen LogP contribution in [0.15, 0.2) is 48.5 Å². The molecule has 2 rings (SSSR count). The van der Waals surface area contributed by atoms with Gasteiger partial charge in [-0.3, -0.25) is 9.59 Å². The van der Waals surface area contributed by atoms with Crippen molar-refractivity contribution in [3.05, 3.63) is 65.2 Å². The summed E-state index contributed by atoms with van der Waals surface area (Å²) in [6.07, 6.45) is -4.51. The number of anilines is 1. The Bertz CT molecular complexity index is 725. The zero-order chi connectivity index (χ0) is 17.0. The minimum absolute atomic E-state index is 0.0521. The fourth-order valence-corrected chi connectivity index (χ4v) is 1.99. The van der Waals surface area contributed by atoms with E-state index in [1.54, 1.807) is 24.3 Å². The summed E-state index contributed by atoms with van der Waals surface area (Å²) in [5, 5.41) is 2.56. The number of halogens is 3. The maximum absolute atomic E-state index is 12.5. The second kappa shape index (κ2) is 6.51. The number of rotatable bonds is 4. The fourth-order valence-electron chi connectivity index (χ4n) is 1.99. The average Bonchev–Trinajstić information content (AvgIpc) is 2.48. The van der Waals surface area contributed by atoms with E-state index in [9.17, 15) is 22.8 Å². The van der Waals surface area contributed by atoms with Crippen molar-refractivity contribution in [2.45, 2.75) is 12.6 Å². The first-order valence-electron chi connectivity index (χ1n) is 6.62. The number of nitrogens with two attached hydrogens (primary N) is 1. The molecule has 0 fully saturated rings. The normalized spacial score (nSPS) is 11.1. The Morgan fingerprint density at radius 2 is 1.61 bits per heavy atom. The van der Waals surface area contributed by atoms with Crippen molar-refractivity contribution in [2.24, 2.45) is 5.73 Å². The van der Waals surface area contributed by atoms with E-state index in [-0.39, 0.29) is 12.0 Å². The fraction of sp³-hybridized carbons (Fsp3) is 0.125. The number of benzene rings is 2. The Morgan fingerprint density at radius 3 is 2.17 bits per heavy atom. The lowest BCUT2D eigenvalue weighted by Crippen LogP contribution is -2.17. The number of alkyl halides is 3. The van der Waals surface area contributed by atoms with Gasteiger partial charge in [-0.15, -0.1) is 0 Å². The number of primary amides is 1. The lowest BCUT2D eigenvalue weighted by Gasteiger charge is -2.11. The Morgan fingerprint density at radius 1 is 1.00 bits per heavy atom. The van der Waals surface area contributed by atoms with Crippen LogP contribution in [0.4, 0.5) is 18.9 Å². The number of carbonyl (C=O) groups is 2. The van der Waals surface area contributed by atoms with Crippen LogP contribution in [0.1, 0.15) is 21.5 Å². The molecule has 0 aliphatic carbocycles. The predicted octanol–water partition coefficient (Wildman–Crippen LogP) is 2.99. The third kappa shape index (κ3) is 4.32. The van der Waals surface area contributed by atoms with Gasteiger partial charge in [0.1, 0.15) is 0 Å². The SMILES string of the molecule is NC(=O)Cc1ccccc1NC(=O)c1ccc(C(F)(F)F)cc1. The molecule has 0 atom stereocenters. The van der Waals surface area contributed by atoms with Crippen molar-refractivity contribution in [1.82, 2.24) is 0 Å². The number of amides is 2. The highest BCUT2D eigenvalue weighted by Gasteiger charge is 2.30. The second-order valence-corrected chi connectivity index (χ2v) is 4.83. The summed E-state index contributed by atoms with van der Waals surface area (Å²) in [6.45, 7) is 0. The Kier molecular flexibility index (Phi) is 4.68. The van der Waals surface area contributed by atoms with Gasteiger partial charge in [0.15, 0.2) is 0 Å². The monoisotopic (exact) mass is 322 g/mol. The standard InChI is InChI=1S/C16H13F3N2O2/c17-16(18,19)12-7-5-10(6-8-12)15(23)21-13-4-2-1-3-11(13)9-14(20)22/h1-8H,9H2,(H2,20,22)(H,21,23). The number of carbonyl (C=O) groups excluding carboxylic acids is 2. The van der Waals surface area contributed by atoms with Gasteiger partial charge in [-0.1, -0.05) is 18.2 Å². The zero-order valence-electron chi connectivity index (χ0n) is 11.9. The average molecular weight is 322 g/mol. The first-order chi connectivity index (χ1) is 10.8. The van der Waals surface area contributed by atoms with E-state index in [0.29, 0.717) is 11.3 Å². The molecule has 0 heterocycles. The highest BCUT2D eigenvalue weighted by molar-refractivity contribution is 6.04. The maximum Gasteiger partial charge on any atom is 0.416 e. The lowest BCUT2D eigenvalue weighted by atomic mass is 10.1. The van der Waals surface area contributed by atoms with Crippen LogP contribution in [0.25, 0.3) is 0 Å². The van der Waals surface area contributed by atoms with E-state index in [4.69, 9.17) is 5.73 Å². The molecule has 3 N–H and O–H groups in total. The molecule has 2 aromatic rings. The predicted molar refractivity (Wildman–Crippen MR) is 78.7 cm³/mol. The van der Waals surface area contributed by atoms with Crippen LogP contribution in [0.5, 0.6) is 0 Å². The zero-order valence-corrected chi connectivity index (χ0v) is 11.9. The molecule has 7 heteroatoms. The van der Waals surface area contributed by atoms with E-state index in [1.165, 1.54) is 0 Å². The first kappa shape index (κ1) is 16.5. The molecule has 0 saturated carbocycles. The summed E-state index contributed by atoms with van der Waals surface area (Å²) in [6, 6.07) is 10.4. The topological polar surface area (TPSA) is 72.2 Å². The van der Waals surface area contributed by atoms with E-state index in [2.05, 4.69) is 5.32 Å². The highest BCUT2D eigenvalue weighted by Crippen LogP contribution is 2.29. The Balaban J connectivity index is 2.18. The quantitative estimate of drug-likeness (QED) is 0.908. The molecule has 0 radical (unpaired) electrons. The third-order valence-corrected chi connectivity index (χ3v) is 3.10. The Hall–Kier alpha value is -2.83. The van der Waals surface area contributed by atoms with Gasteiger partial charge in [0.2, 0.25) is 5.91 Å². The van der Waals surface area contributed by atoms with Gasteiger partial charge in [-0.05, 0) is 35.9 Å². The van der Waals surface area contributed by atoms with Crippen molar-refractivity contribution >= 4 is 17.5 Å².